The van der Waals surface area contributed by atoms with Gasteiger partial charge in [-0.05, 0) is 23.8 Å². The summed E-state index contributed by atoms with van der Waals surface area (Å²) in [5, 5.41) is 2.83. The van der Waals surface area contributed by atoms with Crippen molar-refractivity contribution in [3.63, 3.8) is 0 Å². The molecule has 0 saturated heterocycles. The minimum atomic E-state index is -0.586. The summed E-state index contributed by atoms with van der Waals surface area (Å²) in [6.07, 6.45) is 1.58. The predicted octanol–water partition coefficient (Wildman–Crippen LogP) is 1.10. The number of nitrogens with two attached hydrogens (primary N) is 1. The van der Waals surface area contributed by atoms with Crippen molar-refractivity contribution >= 4 is 11.8 Å². The zero-order chi connectivity index (χ0) is 13.2. The quantitative estimate of drug-likeness (QED) is 0.781. The van der Waals surface area contributed by atoms with Crippen LogP contribution in [0.5, 0.6) is 0 Å². The average molecular weight is 246 g/mol. The van der Waals surface area contributed by atoms with Gasteiger partial charge >= 0.3 is 0 Å². The fourth-order valence-corrected chi connectivity index (χ4v) is 2.64. The first kappa shape index (κ1) is 12.6. The molecule has 4 heteroatoms. The van der Waals surface area contributed by atoms with Crippen molar-refractivity contribution in [2.45, 2.75) is 37.6 Å². The monoisotopic (exact) mass is 246 g/mol. The molecule has 18 heavy (non-hydrogen) atoms. The Morgan fingerprint density at radius 3 is 2.50 bits per heavy atom. The summed E-state index contributed by atoms with van der Waals surface area (Å²) in [5.74, 6) is -0.861. The van der Waals surface area contributed by atoms with Crippen molar-refractivity contribution < 1.29 is 9.59 Å². The molecule has 0 bridgehead atoms. The number of primary amides is 1. The SMILES string of the molecule is CC1(c2ccccc2)CC(NC(=O)CC(N)=O)C1. The van der Waals surface area contributed by atoms with E-state index in [0.29, 0.717) is 0 Å². The lowest BCUT2D eigenvalue weighted by Gasteiger charge is -2.46. The van der Waals surface area contributed by atoms with Crippen LogP contribution in [0.2, 0.25) is 0 Å². The minimum Gasteiger partial charge on any atom is -0.369 e. The molecular formula is C14H18N2O2. The van der Waals surface area contributed by atoms with Crippen LogP contribution in [-0.4, -0.2) is 17.9 Å². The normalized spacial score (nSPS) is 26.2. The third-order valence-corrected chi connectivity index (χ3v) is 3.56. The largest absolute Gasteiger partial charge is 0.369 e. The molecule has 1 aromatic rings. The van der Waals surface area contributed by atoms with E-state index in [2.05, 4.69) is 24.4 Å². The van der Waals surface area contributed by atoms with Crippen LogP contribution in [0.1, 0.15) is 31.7 Å². The fraction of sp³-hybridized carbons (Fsp3) is 0.429. The first-order valence-electron chi connectivity index (χ1n) is 6.13. The van der Waals surface area contributed by atoms with Gasteiger partial charge in [-0.3, -0.25) is 9.59 Å². The maximum atomic E-state index is 11.4. The molecule has 3 N–H and O–H groups in total. The second-order valence-corrected chi connectivity index (χ2v) is 5.24. The molecule has 0 aliphatic heterocycles. The van der Waals surface area contributed by atoms with Crippen LogP contribution in [0.4, 0.5) is 0 Å². The Balaban J connectivity index is 1.87. The van der Waals surface area contributed by atoms with Crippen LogP contribution >= 0.6 is 0 Å². The van der Waals surface area contributed by atoms with Gasteiger partial charge in [-0.25, -0.2) is 0 Å². The molecule has 1 aromatic carbocycles. The van der Waals surface area contributed by atoms with Crippen molar-refractivity contribution in [2.75, 3.05) is 0 Å². The van der Waals surface area contributed by atoms with Gasteiger partial charge in [-0.2, -0.15) is 0 Å². The molecule has 0 radical (unpaired) electrons. The van der Waals surface area contributed by atoms with Gasteiger partial charge in [0.15, 0.2) is 0 Å². The highest BCUT2D eigenvalue weighted by Gasteiger charge is 2.41. The van der Waals surface area contributed by atoms with Crippen molar-refractivity contribution in [3.8, 4) is 0 Å². The highest BCUT2D eigenvalue weighted by Crippen LogP contribution is 2.43. The Morgan fingerprint density at radius 1 is 1.33 bits per heavy atom. The summed E-state index contributed by atoms with van der Waals surface area (Å²) in [5.41, 5.74) is 6.40. The van der Waals surface area contributed by atoms with E-state index in [-0.39, 0.29) is 23.8 Å². The summed E-state index contributed by atoms with van der Waals surface area (Å²) < 4.78 is 0. The van der Waals surface area contributed by atoms with Gasteiger partial charge in [0.1, 0.15) is 6.42 Å². The summed E-state index contributed by atoms with van der Waals surface area (Å²) in [6, 6.07) is 10.4. The van der Waals surface area contributed by atoms with E-state index in [0.717, 1.165) is 12.8 Å². The van der Waals surface area contributed by atoms with Gasteiger partial charge in [0.05, 0.1) is 0 Å². The standard InChI is InChI=1S/C14H18N2O2/c1-14(10-5-3-2-4-6-10)8-11(9-14)16-13(18)7-12(15)17/h2-6,11H,7-9H2,1H3,(H2,15,17)(H,16,18). The molecule has 4 nitrogen and oxygen atoms in total. The van der Waals surface area contributed by atoms with E-state index >= 15 is 0 Å². The van der Waals surface area contributed by atoms with Gasteiger partial charge in [0, 0.05) is 6.04 Å². The molecule has 1 aliphatic carbocycles. The molecule has 0 spiro atoms. The van der Waals surface area contributed by atoms with Crippen molar-refractivity contribution in [1.82, 2.24) is 5.32 Å². The Bertz CT molecular complexity index is 450. The molecule has 0 heterocycles. The van der Waals surface area contributed by atoms with Crippen LogP contribution in [0.25, 0.3) is 0 Å². The van der Waals surface area contributed by atoms with E-state index in [1.807, 2.05) is 18.2 Å². The predicted molar refractivity (Wildman–Crippen MR) is 68.8 cm³/mol. The summed E-state index contributed by atoms with van der Waals surface area (Å²) >= 11 is 0. The van der Waals surface area contributed by atoms with Crippen molar-refractivity contribution in [1.29, 1.82) is 0 Å². The second kappa shape index (κ2) is 4.80. The maximum absolute atomic E-state index is 11.4. The number of amides is 2. The number of carbonyl (C=O) groups excluding carboxylic acids is 2. The van der Waals surface area contributed by atoms with E-state index in [4.69, 9.17) is 5.73 Å². The Labute approximate surface area is 107 Å². The average Bonchev–Trinajstić information content (AvgIpc) is 2.27. The first-order valence-corrected chi connectivity index (χ1v) is 6.13. The number of carbonyl (C=O) groups is 2. The number of nitrogens with one attached hydrogen (secondary N) is 1. The maximum Gasteiger partial charge on any atom is 0.229 e. The highest BCUT2D eigenvalue weighted by atomic mass is 16.2. The fourth-order valence-electron chi connectivity index (χ4n) is 2.64. The molecule has 2 rings (SSSR count). The smallest absolute Gasteiger partial charge is 0.229 e. The lowest BCUT2D eigenvalue weighted by molar-refractivity contribution is -0.128. The van der Waals surface area contributed by atoms with Gasteiger partial charge < -0.3 is 11.1 Å². The van der Waals surface area contributed by atoms with Gasteiger partial charge in [-0.1, -0.05) is 37.3 Å². The Kier molecular flexibility index (Phi) is 3.36. The van der Waals surface area contributed by atoms with Crippen LogP contribution in [0.15, 0.2) is 30.3 Å². The second-order valence-electron chi connectivity index (χ2n) is 5.24. The zero-order valence-electron chi connectivity index (χ0n) is 10.5. The topological polar surface area (TPSA) is 72.2 Å². The molecule has 0 atom stereocenters. The number of benzene rings is 1. The lowest BCUT2D eigenvalue weighted by Crippen LogP contribution is -2.52. The van der Waals surface area contributed by atoms with E-state index in [9.17, 15) is 9.59 Å². The zero-order valence-corrected chi connectivity index (χ0v) is 10.5. The van der Waals surface area contributed by atoms with Crippen molar-refractivity contribution in [3.05, 3.63) is 35.9 Å². The van der Waals surface area contributed by atoms with E-state index < -0.39 is 5.91 Å². The summed E-state index contributed by atoms with van der Waals surface area (Å²) in [7, 11) is 0. The number of hydrogen-bond donors (Lipinski definition) is 2. The number of rotatable bonds is 4. The van der Waals surface area contributed by atoms with Gasteiger partial charge in [-0.15, -0.1) is 0 Å². The molecule has 0 unspecified atom stereocenters. The first-order chi connectivity index (χ1) is 8.49. The Hall–Kier alpha value is -1.84. The lowest BCUT2D eigenvalue weighted by atomic mass is 9.63. The van der Waals surface area contributed by atoms with Crippen LogP contribution in [0.3, 0.4) is 0 Å². The summed E-state index contributed by atoms with van der Waals surface area (Å²) in [6.45, 7) is 2.19. The molecule has 0 aromatic heterocycles. The van der Waals surface area contributed by atoms with Gasteiger partial charge in [0.2, 0.25) is 11.8 Å². The van der Waals surface area contributed by atoms with E-state index in [1.54, 1.807) is 0 Å². The molecular weight excluding hydrogens is 228 g/mol. The third-order valence-electron chi connectivity index (χ3n) is 3.56. The Morgan fingerprint density at radius 2 is 1.94 bits per heavy atom. The molecule has 1 aliphatic rings. The van der Waals surface area contributed by atoms with Gasteiger partial charge in [0.25, 0.3) is 0 Å². The van der Waals surface area contributed by atoms with Crippen LogP contribution in [-0.2, 0) is 15.0 Å². The highest BCUT2D eigenvalue weighted by molar-refractivity contribution is 5.96. The summed E-state index contributed by atoms with van der Waals surface area (Å²) in [4.78, 5) is 22.0. The minimum absolute atomic E-state index is 0.131. The van der Waals surface area contributed by atoms with Crippen LogP contribution < -0.4 is 11.1 Å². The molecule has 96 valence electrons. The van der Waals surface area contributed by atoms with Crippen LogP contribution in [0, 0.1) is 0 Å². The third kappa shape index (κ3) is 2.70. The molecule has 2 amide bonds. The van der Waals surface area contributed by atoms with E-state index in [1.165, 1.54) is 5.56 Å². The molecule has 1 saturated carbocycles. The number of hydrogen-bond acceptors (Lipinski definition) is 2. The van der Waals surface area contributed by atoms with Crippen molar-refractivity contribution in [2.24, 2.45) is 5.73 Å². The molecule has 1 fully saturated rings.